The summed E-state index contributed by atoms with van der Waals surface area (Å²) >= 11 is 2.26. The van der Waals surface area contributed by atoms with Gasteiger partial charge >= 0.3 is 0 Å². The van der Waals surface area contributed by atoms with Gasteiger partial charge in [-0.1, -0.05) is 30.4 Å². The first kappa shape index (κ1) is 9.93. The fourth-order valence-corrected chi connectivity index (χ4v) is 1.89. The van der Waals surface area contributed by atoms with Gasteiger partial charge in [-0.3, -0.25) is 0 Å². The van der Waals surface area contributed by atoms with E-state index in [1.807, 2.05) is 36.4 Å². The lowest BCUT2D eigenvalue weighted by atomic mass is 10.0. The average molecular weight is 298 g/mol. The highest BCUT2D eigenvalue weighted by atomic mass is 127. The summed E-state index contributed by atoms with van der Waals surface area (Å²) in [5.41, 5.74) is 2.05. The van der Waals surface area contributed by atoms with Crippen molar-refractivity contribution in [3.8, 4) is 0 Å². The summed E-state index contributed by atoms with van der Waals surface area (Å²) in [6.45, 7) is 0. The molecule has 2 heteroatoms. The fraction of sp³-hybridized carbons (Fsp3) is 0.167. The van der Waals surface area contributed by atoms with E-state index in [2.05, 4.69) is 28.7 Å². The number of hydrogen-bond donors (Lipinski definition) is 1. The number of halogens is 1. The third-order valence-electron chi connectivity index (χ3n) is 2.34. The molecule has 0 saturated heterocycles. The van der Waals surface area contributed by atoms with Crippen LogP contribution in [0.1, 0.15) is 18.1 Å². The van der Waals surface area contributed by atoms with Crippen LogP contribution in [-0.4, -0.2) is 5.11 Å². The van der Waals surface area contributed by atoms with E-state index >= 15 is 0 Å². The lowest BCUT2D eigenvalue weighted by molar-refractivity contribution is 0.214. The van der Waals surface area contributed by atoms with Crippen molar-refractivity contribution in [2.24, 2.45) is 0 Å². The Hall–Kier alpha value is -0.610. The van der Waals surface area contributed by atoms with E-state index in [1.54, 1.807) is 0 Å². The Morgan fingerprint density at radius 1 is 1.21 bits per heavy atom. The van der Waals surface area contributed by atoms with Gasteiger partial charge in [0.05, 0.1) is 0 Å². The van der Waals surface area contributed by atoms with E-state index in [0.29, 0.717) is 0 Å². The minimum absolute atomic E-state index is 0.443. The van der Waals surface area contributed by atoms with Gasteiger partial charge in [0.1, 0.15) is 6.10 Å². The molecule has 1 aliphatic carbocycles. The van der Waals surface area contributed by atoms with E-state index in [1.165, 1.54) is 3.57 Å². The Morgan fingerprint density at radius 3 is 2.50 bits per heavy atom. The van der Waals surface area contributed by atoms with Gasteiger partial charge in [-0.05, 0) is 52.3 Å². The van der Waals surface area contributed by atoms with Crippen LogP contribution in [0.5, 0.6) is 0 Å². The van der Waals surface area contributed by atoms with Gasteiger partial charge in [-0.25, -0.2) is 0 Å². The Balaban J connectivity index is 2.19. The third kappa shape index (κ3) is 2.07. The molecule has 1 aromatic carbocycles. The lowest BCUT2D eigenvalue weighted by Gasteiger charge is -2.12. The first-order valence-electron chi connectivity index (χ1n) is 4.56. The zero-order valence-corrected chi connectivity index (χ0v) is 9.81. The van der Waals surface area contributed by atoms with E-state index in [-0.39, 0.29) is 0 Å². The summed E-state index contributed by atoms with van der Waals surface area (Å²) in [6.07, 6.45) is 6.47. The van der Waals surface area contributed by atoms with Crippen LogP contribution < -0.4 is 0 Å². The second kappa shape index (κ2) is 4.28. The molecule has 0 saturated carbocycles. The smallest absolute Gasteiger partial charge is 0.101 e. The number of aliphatic hydroxyl groups excluding tert-OH is 1. The van der Waals surface area contributed by atoms with Gasteiger partial charge in [0.2, 0.25) is 0 Å². The quantitative estimate of drug-likeness (QED) is 0.831. The van der Waals surface area contributed by atoms with Crippen LogP contribution in [0.25, 0.3) is 0 Å². The van der Waals surface area contributed by atoms with Crippen molar-refractivity contribution in [1.29, 1.82) is 0 Å². The molecule has 1 nitrogen and oxygen atoms in total. The van der Waals surface area contributed by atoms with E-state index < -0.39 is 6.10 Å². The maximum atomic E-state index is 10.0. The molecule has 0 aliphatic heterocycles. The molecule has 0 radical (unpaired) electrons. The van der Waals surface area contributed by atoms with E-state index in [4.69, 9.17) is 0 Å². The summed E-state index contributed by atoms with van der Waals surface area (Å²) in [5, 5.41) is 10.0. The summed E-state index contributed by atoms with van der Waals surface area (Å²) in [5.74, 6) is 0. The standard InChI is InChI=1S/C12H11IO/c13-11-7-5-10(6-8-11)12(14)9-3-1-2-4-9/h1-3,5-8,12,14H,4H2. The first-order chi connectivity index (χ1) is 6.77. The van der Waals surface area contributed by atoms with Crippen molar-refractivity contribution in [2.45, 2.75) is 12.5 Å². The molecule has 2 rings (SSSR count). The topological polar surface area (TPSA) is 20.2 Å². The molecule has 1 N–H and O–H groups in total. The molecule has 1 aromatic rings. The van der Waals surface area contributed by atoms with Crippen molar-refractivity contribution in [3.63, 3.8) is 0 Å². The van der Waals surface area contributed by atoms with Crippen LogP contribution in [0.15, 0.2) is 48.1 Å². The zero-order chi connectivity index (χ0) is 9.97. The summed E-state index contributed by atoms with van der Waals surface area (Å²) in [6, 6.07) is 7.99. The highest BCUT2D eigenvalue weighted by Crippen LogP contribution is 2.27. The average Bonchev–Trinajstić information content (AvgIpc) is 2.71. The maximum absolute atomic E-state index is 10.0. The van der Waals surface area contributed by atoms with Gasteiger partial charge in [0.25, 0.3) is 0 Å². The molecular formula is C12H11IO. The predicted molar refractivity (Wildman–Crippen MR) is 66.0 cm³/mol. The second-order valence-corrected chi connectivity index (χ2v) is 4.57. The normalized spacial score (nSPS) is 16.9. The Labute approximate surface area is 97.3 Å². The summed E-state index contributed by atoms with van der Waals surface area (Å²) in [7, 11) is 0. The Kier molecular flexibility index (Phi) is 3.03. The van der Waals surface area contributed by atoms with Gasteiger partial charge < -0.3 is 5.11 Å². The molecule has 0 amide bonds. The fourth-order valence-electron chi connectivity index (χ4n) is 1.53. The molecule has 0 bridgehead atoms. The van der Waals surface area contributed by atoms with E-state index in [0.717, 1.165) is 17.6 Å². The highest BCUT2D eigenvalue weighted by Gasteiger charge is 2.13. The van der Waals surface area contributed by atoms with Crippen molar-refractivity contribution >= 4 is 22.6 Å². The van der Waals surface area contributed by atoms with Crippen LogP contribution >= 0.6 is 22.6 Å². The van der Waals surface area contributed by atoms with Crippen LogP contribution in [0, 0.1) is 3.57 Å². The molecule has 1 aliphatic rings. The number of aliphatic hydroxyl groups is 1. The van der Waals surface area contributed by atoms with Crippen molar-refractivity contribution in [2.75, 3.05) is 0 Å². The summed E-state index contributed by atoms with van der Waals surface area (Å²) in [4.78, 5) is 0. The highest BCUT2D eigenvalue weighted by molar-refractivity contribution is 14.1. The minimum atomic E-state index is -0.443. The van der Waals surface area contributed by atoms with Gasteiger partial charge in [0, 0.05) is 3.57 Å². The number of allylic oxidation sites excluding steroid dienone is 3. The Bertz CT molecular complexity index is 376. The molecule has 1 atom stereocenters. The molecule has 0 spiro atoms. The predicted octanol–water partition coefficient (Wildman–Crippen LogP) is 3.21. The van der Waals surface area contributed by atoms with Gasteiger partial charge in [-0.2, -0.15) is 0 Å². The van der Waals surface area contributed by atoms with Crippen LogP contribution in [0.2, 0.25) is 0 Å². The number of rotatable bonds is 2. The number of benzene rings is 1. The SMILES string of the molecule is OC(C1=CC=CC1)c1ccc(I)cc1. The third-order valence-corrected chi connectivity index (χ3v) is 3.06. The molecule has 72 valence electrons. The minimum Gasteiger partial charge on any atom is -0.384 e. The largest absolute Gasteiger partial charge is 0.384 e. The van der Waals surface area contributed by atoms with Gasteiger partial charge in [0.15, 0.2) is 0 Å². The molecule has 1 unspecified atom stereocenters. The van der Waals surface area contributed by atoms with Crippen LogP contribution in [0.4, 0.5) is 0 Å². The van der Waals surface area contributed by atoms with Crippen LogP contribution in [0.3, 0.4) is 0 Å². The van der Waals surface area contributed by atoms with Crippen LogP contribution in [-0.2, 0) is 0 Å². The lowest BCUT2D eigenvalue weighted by Crippen LogP contribution is -1.99. The van der Waals surface area contributed by atoms with E-state index in [9.17, 15) is 5.11 Å². The molecule has 14 heavy (non-hydrogen) atoms. The monoisotopic (exact) mass is 298 g/mol. The molecule has 0 fully saturated rings. The zero-order valence-electron chi connectivity index (χ0n) is 7.65. The molecule has 0 aromatic heterocycles. The molecular weight excluding hydrogens is 287 g/mol. The van der Waals surface area contributed by atoms with Crippen molar-refractivity contribution in [1.82, 2.24) is 0 Å². The first-order valence-corrected chi connectivity index (χ1v) is 5.64. The molecule has 0 heterocycles. The second-order valence-electron chi connectivity index (χ2n) is 3.33. The Morgan fingerprint density at radius 2 is 1.93 bits per heavy atom. The maximum Gasteiger partial charge on any atom is 0.101 e. The van der Waals surface area contributed by atoms with Gasteiger partial charge in [-0.15, -0.1) is 0 Å². The van der Waals surface area contributed by atoms with Crippen molar-refractivity contribution in [3.05, 3.63) is 57.2 Å². The van der Waals surface area contributed by atoms with Crippen molar-refractivity contribution < 1.29 is 5.11 Å². The summed E-state index contributed by atoms with van der Waals surface area (Å²) < 4.78 is 1.19. The number of hydrogen-bond acceptors (Lipinski definition) is 1.